The topological polar surface area (TPSA) is 12.0 Å². The van der Waals surface area contributed by atoms with Gasteiger partial charge in [-0.05, 0) is 80.7 Å². The van der Waals surface area contributed by atoms with Gasteiger partial charge in [0.1, 0.15) is 0 Å². The van der Waals surface area contributed by atoms with Crippen molar-refractivity contribution in [1.29, 1.82) is 0 Å². The van der Waals surface area contributed by atoms with Crippen molar-refractivity contribution in [3.05, 3.63) is 33.8 Å². The Balaban J connectivity index is 1.60. The summed E-state index contributed by atoms with van der Waals surface area (Å²) in [5, 5.41) is 5.23. The van der Waals surface area contributed by atoms with Crippen LogP contribution in [0.1, 0.15) is 44.2 Å². The van der Waals surface area contributed by atoms with Gasteiger partial charge in [0.05, 0.1) is 0 Å². The van der Waals surface area contributed by atoms with E-state index in [0.29, 0.717) is 0 Å². The number of halogens is 2. The van der Waals surface area contributed by atoms with Gasteiger partial charge in [-0.25, -0.2) is 0 Å². The Kier molecular flexibility index (Phi) is 4.07. The molecule has 0 bridgehead atoms. The highest BCUT2D eigenvalue weighted by Crippen LogP contribution is 2.49. The van der Waals surface area contributed by atoms with Gasteiger partial charge in [0.15, 0.2) is 0 Å². The normalized spacial score (nSPS) is 20.8. The molecule has 1 nitrogen and oxygen atoms in total. The number of hydrogen-bond acceptors (Lipinski definition) is 1. The summed E-state index contributed by atoms with van der Waals surface area (Å²) in [5.74, 6) is 2.87. The first kappa shape index (κ1) is 13.7. The monoisotopic (exact) mass is 297 g/mol. The van der Waals surface area contributed by atoms with E-state index in [1.54, 1.807) is 0 Å². The molecule has 2 saturated carbocycles. The highest BCUT2D eigenvalue weighted by molar-refractivity contribution is 6.33. The van der Waals surface area contributed by atoms with Crippen molar-refractivity contribution in [3.8, 4) is 0 Å². The molecule has 3 heteroatoms. The van der Waals surface area contributed by atoms with Crippen LogP contribution in [0.25, 0.3) is 0 Å². The first-order valence-electron chi connectivity index (χ1n) is 7.33. The standard InChI is InChI=1S/C16H21Cl2N/c1-10(14-8-13(17)6-7-16(14)18)19-9-15(11-2-3-11)12-4-5-12/h6-8,10-12,15,19H,2-5,9H2,1H3. The second-order valence-corrected chi connectivity index (χ2v) is 6.98. The molecule has 1 atom stereocenters. The zero-order chi connectivity index (χ0) is 13.4. The molecule has 0 heterocycles. The SMILES string of the molecule is CC(NCC(C1CC1)C1CC1)c1cc(Cl)ccc1Cl. The lowest BCUT2D eigenvalue weighted by Crippen LogP contribution is -2.28. The van der Waals surface area contributed by atoms with Gasteiger partial charge in [0.2, 0.25) is 0 Å². The number of hydrogen-bond donors (Lipinski definition) is 1. The first-order chi connectivity index (χ1) is 9.15. The lowest BCUT2D eigenvalue weighted by Gasteiger charge is -2.21. The van der Waals surface area contributed by atoms with Crippen LogP contribution in [0.2, 0.25) is 10.0 Å². The Bertz CT molecular complexity index is 440. The zero-order valence-corrected chi connectivity index (χ0v) is 12.8. The molecule has 1 unspecified atom stereocenters. The van der Waals surface area contributed by atoms with Gasteiger partial charge in [0.25, 0.3) is 0 Å². The third kappa shape index (κ3) is 3.45. The molecule has 0 spiro atoms. The maximum Gasteiger partial charge on any atom is 0.0454 e. The van der Waals surface area contributed by atoms with E-state index in [1.807, 2.05) is 18.2 Å². The van der Waals surface area contributed by atoms with Crippen molar-refractivity contribution < 1.29 is 0 Å². The van der Waals surface area contributed by atoms with E-state index in [4.69, 9.17) is 23.2 Å². The molecule has 0 radical (unpaired) electrons. The fraction of sp³-hybridized carbons (Fsp3) is 0.625. The van der Waals surface area contributed by atoms with Crippen molar-refractivity contribution in [2.24, 2.45) is 17.8 Å². The predicted octanol–water partition coefficient (Wildman–Crippen LogP) is 5.08. The van der Waals surface area contributed by atoms with Crippen LogP contribution >= 0.6 is 23.2 Å². The molecular weight excluding hydrogens is 277 g/mol. The lowest BCUT2D eigenvalue weighted by atomic mass is 9.97. The fourth-order valence-electron chi connectivity index (χ4n) is 3.04. The van der Waals surface area contributed by atoms with Crippen LogP contribution in [0.3, 0.4) is 0 Å². The van der Waals surface area contributed by atoms with E-state index >= 15 is 0 Å². The smallest absolute Gasteiger partial charge is 0.0454 e. The Morgan fingerprint density at radius 2 is 1.79 bits per heavy atom. The fourth-order valence-corrected chi connectivity index (χ4v) is 3.50. The molecule has 2 fully saturated rings. The average Bonchev–Trinajstić information content (AvgIpc) is 3.25. The van der Waals surface area contributed by atoms with Crippen LogP contribution in [0.15, 0.2) is 18.2 Å². The Hall–Kier alpha value is -0.240. The van der Waals surface area contributed by atoms with Gasteiger partial charge in [-0.1, -0.05) is 23.2 Å². The number of rotatable bonds is 6. The van der Waals surface area contributed by atoms with Crippen LogP contribution in [0, 0.1) is 17.8 Å². The molecule has 2 aliphatic rings. The zero-order valence-electron chi connectivity index (χ0n) is 11.3. The van der Waals surface area contributed by atoms with Crippen LogP contribution in [-0.4, -0.2) is 6.54 Å². The van der Waals surface area contributed by atoms with Crippen LogP contribution in [0.5, 0.6) is 0 Å². The molecule has 3 rings (SSSR count). The summed E-state index contributed by atoms with van der Waals surface area (Å²) < 4.78 is 0. The molecule has 0 saturated heterocycles. The summed E-state index contributed by atoms with van der Waals surface area (Å²) in [6.07, 6.45) is 5.76. The molecule has 19 heavy (non-hydrogen) atoms. The van der Waals surface area contributed by atoms with Gasteiger partial charge in [-0.3, -0.25) is 0 Å². The Morgan fingerprint density at radius 3 is 2.37 bits per heavy atom. The highest BCUT2D eigenvalue weighted by atomic mass is 35.5. The van der Waals surface area contributed by atoms with Crippen molar-refractivity contribution in [3.63, 3.8) is 0 Å². The summed E-state index contributed by atoms with van der Waals surface area (Å²) in [6.45, 7) is 3.30. The third-order valence-electron chi connectivity index (χ3n) is 4.54. The van der Waals surface area contributed by atoms with Crippen LogP contribution < -0.4 is 5.32 Å². The summed E-state index contributed by atoms with van der Waals surface area (Å²) in [6, 6.07) is 5.98. The number of nitrogens with one attached hydrogen (secondary N) is 1. The maximum absolute atomic E-state index is 6.26. The molecule has 1 aromatic rings. The van der Waals surface area contributed by atoms with E-state index < -0.39 is 0 Å². The minimum Gasteiger partial charge on any atom is -0.310 e. The van der Waals surface area contributed by atoms with Crippen molar-refractivity contribution in [2.75, 3.05) is 6.54 Å². The molecule has 0 aliphatic heterocycles. The van der Waals surface area contributed by atoms with Gasteiger partial charge >= 0.3 is 0 Å². The van der Waals surface area contributed by atoms with Crippen molar-refractivity contribution >= 4 is 23.2 Å². The summed E-state index contributed by atoms with van der Waals surface area (Å²) in [7, 11) is 0. The quantitative estimate of drug-likeness (QED) is 0.772. The second-order valence-electron chi connectivity index (χ2n) is 6.13. The number of benzene rings is 1. The summed E-state index contributed by atoms with van der Waals surface area (Å²) >= 11 is 12.3. The van der Waals surface area contributed by atoms with Gasteiger partial charge in [-0.15, -0.1) is 0 Å². The third-order valence-corrected chi connectivity index (χ3v) is 5.12. The lowest BCUT2D eigenvalue weighted by molar-refractivity contribution is 0.362. The van der Waals surface area contributed by atoms with Crippen molar-refractivity contribution in [1.82, 2.24) is 5.32 Å². The molecule has 1 N–H and O–H groups in total. The van der Waals surface area contributed by atoms with E-state index in [-0.39, 0.29) is 6.04 Å². The summed E-state index contributed by atoms with van der Waals surface area (Å²) in [4.78, 5) is 0. The van der Waals surface area contributed by atoms with Gasteiger partial charge < -0.3 is 5.32 Å². The maximum atomic E-state index is 6.26. The Labute approximate surface area is 125 Å². The van der Waals surface area contributed by atoms with Crippen LogP contribution in [-0.2, 0) is 0 Å². The second kappa shape index (κ2) is 5.63. The van der Waals surface area contributed by atoms with E-state index in [1.165, 1.54) is 25.7 Å². The molecule has 0 aromatic heterocycles. The molecule has 0 amide bonds. The van der Waals surface area contributed by atoms with Gasteiger partial charge in [-0.2, -0.15) is 0 Å². The predicted molar refractivity (Wildman–Crippen MR) is 81.8 cm³/mol. The first-order valence-corrected chi connectivity index (χ1v) is 8.09. The minimum atomic E-state index is 0.270. The van der Waals surface area contributed by atoms with E-state index in [0.717, 1.165) is 39.9 Å². The van der Waals surface area contributed by atoms with E-state index in [2.05, 4.69) is 12.2 Å². The molecular formula is C16H21Cl2N. The van der Waals surface area contributed by atoms with Crippen molar-refractivity contribution in [2.45, 2.75) is 38.6 Å². The minimum absolute atomic E-state index is 0.270. The Morgan fingerprint density at radius 1 is 1.16 bits per heavy atom. The highest BCUT2D eigenvalue weighted by Gasteiger charge is 2.41. The molecule has 1 aromatic carbocycles. The van der Waals surface area contributed by atoms with Gasteiger partial charge in [0, 0.05) is 16.1 Å². The summed E-state index contributed by atoms with van der Waals surface area (Å²) in [5.41, 5.74) is 1.11. The molecule has 2 aliphatic carbocycles. The molecule has 104 valence electrons. The van der Waals surface area contributed by atoms with E-state index in [9.17, 15) is 0 Å². The van der Waals surface area contributed by atoms with Crippen LogP contribution in [0.4, 0.5) is 0 Å². The largest absolute Gasteiger partial charge is 0.310 e. The average molecular weight is 298 g/mol.